The zero-order valence-electron chi connectivity index (χ0n) is 11.0. The molecule has 0 saturated heterocycles. The highest BCUT2D eigenvalue weighted by Gasteiger charge is 2.18. The highest BCUT2D eigenvalue weighted by molar-refractivity contribution is 9.10. The molecule has 0 heterocycles. The fraction of sp³-hybridized carbons (Fsp3) is 0.200. The molecule has 1 atom stereocenters. The van der Waals surface area contributed by atoms with Gasteiger partial charge in [-0.05, 0) is 42.8 Å². The van der Waals surface area contributed by atoms with Crippen molar-refractivity contribution < 1.29 is 8.78 Å². The number of hydrogen-bond donors (Lipinski definition) is 2. The first kappa shape index (κ1) is 14.9. The van der Waals surface area contributed by atoms with E-state index in [9.17, 15) is 8.78 Å². The Bertz CT molecular complexity index is 576. The highest BCUT2D eigenvalue weighted by atomic mass is 79.9. The summed E-state index contributed by atoms with van der Waals surface area (Å²) in [7, 11) is 0. The average Bonchev–Trinajstić information content (AvgIpc) is 2.36. The standard InChI is InChI=1S/C15H15BrF2N2/c1-9-5-10(16)7-11(6-9)20-14(8-19)15-12(17)3-2-4-13(15)18/h2-7,14,20H,8,19H2,1H3. The Labute approximate surface area is 125 Å². The lowest BCUT2D eigenvalue weighted by molar-refractivity contribution is 0.537. The van der Waals surface area contributed by atoms with Crippen molar-refractivity contribution in [2.75, 3.05) is 11.9 Å². The summed E-state index contributed by atoms with van der Waals surface area (Å²) in [5.41, 5.74) is 7.42. The van der Waals surface area contributed by atoms with Gasteiger partial charge in [-0.2, -0.15) is 0 Å². The van der Waals surface area contributed by atoms with Crippen LogP contribution in [0.25, 0.3) is 0 Å². The smallest absolute Gasteiger partial charge is 0.131 e. The lowest BCUT2D eigenvalue weighted by atomic mass is 10.0. The first-order valence-corrected chi connectivity index (χ1v) is 6.98. The Kier molecular flexibility index (Phi) is 4.73. The van der Waals surface area contributed by atoms with Crippen molar-refractivity contribution in [3.63, 3.8) is 0 Å². The summed E-state index contributed by atoms with van der Waals surface area (Å²) in [5.74, 6) is -1.20. The number of nitrogens with two attached hydrogens (primary N) is 1. The molecule has 0 amide bonds. The van der Waals surface area contributed by atoms with Gasteiger partial charge in [0.15, 0.2) is 0 Å². The summed E-state index contributed by atoms with van der Waals surface area (Å²) >= 11 is 3.39. The van der Waals surface area contributed by atoms with Crippen LogP contribution in [0.5, 0.6) is 0 Å². The van der Waals surface area contributed by atoms with Gasteiger partial charge >= 0.3 is 0 Å². The van der Waals surface area contributed by atoms with Gasteiger partial charge < -0.3 is 11.1 Å². The molecular formula is C15H15BrF2N2. The predicted molar refractivity (Wildman–Crippen MR) is 80.7 cm³/mol. The molecule has 20 heavy (non-hydrogen) atoms. The second-order valence-corrected chi connectivity index (χ2v) is 5.50. The van der Waals surface area contributed by atoms with Gasteiger partial charge in [-0.25, -0.2) is 8.78 Å². The number of benzene rings is 2. The predicted octanol–water partition coefficient (Wildman–Crippen LogP) is 4.15. The first-order valence-electron chi connectivity index (χ1n) is 6.19. The van der Waals surface area contributed by atoms with Gasteiger partial charge in [0, 0.05) is 22.3 Å². The third-order valence-corrected chi connectivity index (χ3v) is 3.42. The summed E-state index contributed by atoms with van der Waals surface area (Å²) in [5, 5.41) is 3.07. The lowest BCUT2D eigenvalue weighted by Gasteiger charge is -2.20. The largest absolute Gasteiger partial charge is 0.377 e. The molecule has 2 aromatic carbocycles. The van der Waals surface area contributed by atoms with Crippen molar-refractivity contribution in [1.82, 2.24) is 0 Å². The van der Waals surface area contributed by atoms with Gasteiger partial charge in [0.1, 0.15) is 11.6 Å². The Hall–Kier alpha value is -1.46. The number of hydrogen-bond acceptors (Lipinski definition) is 2. The molecule has 2 aromatic rings. The molecule has 0 aromatic heterocycles. The minimum atomic E-state index is -0.620. The van der Waals surface area contributed by atoms with Gasteiger partial charge in [0.25, 0.3) is 0 Å². The molecule has 0 aliphatic carbocycles. The molecule has 0 bridgehead atoms. The van der Waals surface area contributed by atoms with E-state index in [0.717, 1.165) is 15.7 Å². The summed E-state index contributed by atoms with van der Waals surface area (Å²) < 4.78 is 28.5. The van der Waals surface area contributed by atoms with Crippen LogP contribution < -0.4 is 11.1 Å². The van der Waals surface area contributed by atoms with Crippen LogP contribution >= 0.6 is 15.9 Å². The molecule has 0 fully saturated rings. The SMILES string of the molecule is Cc1cc(Br)cc(NC(CN)c2c(F)cccc2F)c1. The van der Waals surface area contributed by atoms with E-state index < -0.39 is 17.7 Å². The number of nitrogens with one attached hydrogen (secondary N) is 1. The molecule has 1 unspecified atom stereocenters. The van der Waals surface area contributed by atoms with Crippen LogP contribution in [0.3, 0.4) is 0 Å². The van der Waals surface area contributed by atoms with Crippen LogP contribution in [0, 0.1) is 18.6 Å². The molecular weight excluding hydrogens is 326 g/mol. The van der Waals surface area contributed by atoms with Crippen molar-refractivity contribution in [2.45, 2.75) is 13.0 Å². The van der Waals surface area contributed by atoms with Gasteiger partial charge in [-0.1, -0.05) is 22.0 Å². The van der Waals surface area contributed by atoms with E-state index in [1.165, 1.54) is 18.2 Å². The van der Waals surface area contributed by atoms with Crippen LogP contribution in [0.4, 0.5) is 14.5 Å². The second-order valence-electron chi connectivity index (χ2n) is 4.59. The van der Waals surface area contributed by atoms with Crippen LogP contribution in [0.2, 0.25) is 0 Å². The van der Waals surface area contributed by atoms with Crippen LogP contribution in [-0.4, -0.2) is 6.54 Å². The molecule has 0 aliphatic rings. The Morgan fingerprint density at radius 2 is 1.85 bits per heavy atom. The molecule has 3 N–H and O–H groups in total. The molecule has 0 spiro atoms. The molecule has 2 nitrogen and oxygen atoms in total. The monoisotopic (exact) mass is 340 g/mol. The summed E-state index contributed by atoms with van der Waals surface area (Å²) in [6.07, 6.45) is 0. The fourth-order valence-corrected chi connectivity index (χ4v) is 2.72. The molecule has 5 heteroatoms. The third-order valence-electron chi connectivity index (χ3n) is 2.97. The first-order chi connectivity index (χ1) is 9.51. The Balaban J connectivity index is 2.34. The number of anilines is 1. The summed E-state index contributed by atoms with van der Waals surface area (Å²) in [6, 6.07) is 8.87. The Morgan fingerprint density at radius 3 is 2.40 bits per heavy atom. The Morgan fingerprint density at radius 1 is 1.20 bits per heavy atom. The fourth-order valence-electron chi connectivity index (χ4n) is 2.11. The zero-order valence-corrected chi connectivity index (χ0v) is 12.5. The van der Waals surface area contributed by atoms with Crippen molar-refractivity contribution in [3.05, 3.63) is 63.6 Å². The topological polar surface area (TPSA) is 38.0 Å². The normalized spacial score (nSPS) is 12.2. The van der Waals surface area contributed by atoms with E-state index in [0.29, 0.717) is 0 Å². The van der Waals surface area contributed by atoms with E-state index >= 15 is 0 Å². The van der Waals surface area contributed by atoms with Crippen LogP contribution in [0.15, 0.2) is 40.9 Å². The van der Waals surface area contributed by atoms with Gasteiger partial charge in [0.2, 0.25) is 0 Å². The average molecular weight is 341 g/mol. The van der Waals surface area contributed by atoms with E-state index in [-0.39, 0.29) is 12.1 Å². The minimum Gasteiger partial charge on any atom is -0.377 e. The van der Waals surface area contributed by atoms with Crippen molar-refractivity contribution >= 4 is 21.6 Å². The number of aryl methyl sites for hydroxylation is 1. The summed E-state index contributed by atoms with van der Waals surface area (Å²) in [6.45, 7) is 2.03. The van der Waals surface area contributed by atoms with Crippen molar-refractivity contribution in [1.29, 1.82) is 0 Å². The van der Waals surface area contributed by atoms with Gasteiger partial charge in [-0.3, -0.25) is 0 Å². The molecule has 0 aliphatic heterocycles. The maximum atomic E-state index is 13.8. The molecule has 2 rings (SSSR count). The van der Waals surface area contributed by atoms with E-state index in [2.05, 4.69) is 21.2 Å². The lowest BCUT2D eigenvalue weighted by Crippen LogP contribution is -2.23. The van der Waals surface area contributed by atoms with E-state index in [1.807, 2.05) is 25.1 Å². The van der Waals surface area contributed by atoms with E-state index in [1.54, 1.807) is 0 Å². The zero-order chi connectivity index (χ0) is 14.7. The highest BCUT2D eigenvalue weighted by Crippen LogP contribution is 2.26. The number of rotatable bonds is 4. The summed E-state index contributed by atoms with van der Waals surface area (Å²) in [4.78, 5) is 0. The van der Waals surface area contributed by atoms with Crippen molar-refractivity contribution in [2.24, 2.45) is 5.73 Å². The van der Waals surface area contributed by atoms with Crippen molar-refractivity contribution in [3.8, 4) is 0 Å². The van der Waals surface area contributed by atoms with Gasteiger partial charge in [0.05, 0.1) is 6.04 Å². The van der Waals surface area contributed by atoms with Gasteiger partial charge in [-0.15, -0.1) is 0 Å². The second kappa shape index (κ2) is 6.33. The number of halogens is 3. The minimum absolute atomic E-state index is 0.0346. The van der Waals surface area contributed by atoms with Crippen LogP contribution in [-0.2, 0) is 0 Å². The maximum Gasteiger partial charge on any atom is 0.131 e. The third kappa shape index (κ3) is 3.35. The van der Waals surface area contributed by atoms with Crippen LogP contribution in [0.1, 0.15) is 17.2 Å². The quantitative estimate of drug-likeness (QED) is 0.877. The van der Waals surface area contributed by atoms with E-state index in [4.69, 9.17) is 5.73 Å². The molecule has 0 saturated carbocycles. The maximum absolute atomic E-state index is 13.8. The molecule has 106 valence electrons. The molecule has 0 radical (unpaired) electrons.